The van der Waals surface area contributed by atoms with Crippen LogP contribution in [-0.4, -0.2) is 40.2 Å². The number of hydrogen-bond acceptors (Lipinski definition) is 3. The maximum absolute atomic E-state index is 11.1. The lowest BCUT2D eigenvalue weighted by Gasteiger charge is -2.16. The van der Waals surface area contributed by atoms with Crippen molar-refractivity contribution in [1.82, 2.24) is 10.6 Å². The smallest absolute Gasteiger partial charge is 0.315 e. The van der Waals surface area contributed by atoms with Gasteiger partial charge in [0.15, 0.2) is 0 Å². The lowest BCUT2D eigenvalue weighted by Crippen LogP contribution is -2.36. The predicted octanol–water partition coefficient (Wildman–Crippen LogP) is 0.797. The number of nitrogens with one attached hydrogen (secondary N) is 2. The number of amides is 2. The first kappa shape index (κ1) is 11.6. The van der Waals surface area contributed by atoms with Gasteiger partial charge in [0.2, 0.25) is 0 Å². The second-order valence-electron chi connectivity index (χ2n) is 4.26. The molecule has 2 heterocycles. The molecule has 3 atom stereocenters. The molecule has 5 nitrogen and oxygen atoms in total. The van der Waals surface area contributed by atoms with Gasteiger partial charge in [-0.3, -0.25) is 4.79 Å². The number of rotatable bonds is 5. The minimum Gasteiger partial charge on any atom is -0.481 e. The van der Waals surface area contributed by atoms with Crippen LogP contribution in [0.4, 0.5) is 4.79 Å². The van der Waals surface area contributed by atoms with Crippen molar-refractivity contribution in [2.24, 2.45) is 0 Å². The number of thioether (sulfide) groups is 1. The summed E-state index contributed by atoms with van der Waals surface area (Å²) in [4.78, 5) is 21.5. The van der Waals surface area contributed by atoms with E-state index in [0.717, 1.165) is 25.0 Å². The summed E-state index contributed by atoms with van der Waals surface area (Å²) in [6.45, 7) is 0. The highest BCUT2D eigenvalue weighted by molar-refractivity contribution is 8.00. The Morgan fingerprint density at radius 2 is 2.25 bits per heavy atom. The van der Waals surface area contributed by atoms with Crippen molar-refractivity contribution in [3.05, 3.63) is 0 Å². The molecule has 0 spiro atoms. The van der Waals surface area contributed by atoms with E-state index in [-0.39, 0.29) is 24.5 Å². The van der Waals surface area contributed by atoms with Crippen LogP contribution in [0.15, 0.2) is 0 Å². The van der Waals surface area contributed by atoms with Crippen molar-refractivity contribution in [2.45, 2.75) is 43.0 Å². The SMILES string of the molecule is O=C1N[C@H]2[C@H](CS[C@H]2CCCC[13C](=O)O)N1. The summed E-state index contributed by atoms with van der Waals surface area (Å²) in [7, 11) is 0. The fraction of sp³-hybridized carbons (Fsp3) is 0.800. The van der Waals surface area contributed by atoms with E-state index in [4.69, 9.17) is 5.11 Å². The summed E-state index contributed by atoms with van der Waals surface area (Å²) in [6.07, 6.45) is 2.88. The molecule has 2 fully saturated rings. The Kier molecular flexibility index (Phi) is 3.58. The van der Waals surface area contributed by atoms with E-state index in [1.165, 1.54) is 0 Å². The third kappa shape index (κ3) is 2.61. The summed E-state index contributed by atoms with van der Waals surface area (Å²) in [5, 5.41) is 14.8. The molecular formula is C10H16N2O3S. The topological polar surface area (TPSA) is 78.4 Å². The molecule has 2 aliphatic rings. The number of carbonyl (C=O) groups excluding carboxylic acids is 1. The van der Waals surface area contributed by atoms with E-state index in [0.29, 0.717) is 5.25 Å². The summed E-state index contributed by atoms with van der Waals surface area (Å²) in [5.41, 5.74) is 0. The van der Waals surface area contributed by atoms with Crippen LogP contribution in [0.25, 0.3) is 0 Å². The molecule has 0 aromatic rings. The molecule has 3 N–H and O–H groups in total. The molecule has 0 aromatic heterocycles. The molecule has 0 aromatic carbocycles. The van der Waals surface area contributed by atoms with Crippen LogP contribution in [0.5, 0.6) is 0 Å². The highest BCUT2D eigenvalue weighted by Gasteiger charge is 2.42. The van der Waals surface area contributed by atoms with Gasteiger partial charge in [0, 0.05) is 17.4 Å². The van der Waals surface area contributed by atoms with Gasteiger partial charge in [0.05, 0.1) is 12.1 Å². The molecule has 2 aliphatic heterocycles. The van der Waals surface area contributed by atoms with Gasteiger partial charge in [0.1, 0.15) is 0 Å². The van der Waals surface area contributed by atoms with Gasteiger partial charge in [-0.1, -0.05) is 6.42 Å². The third-order valence-electron chi connectivity index (χ3n) is 3.07. The van der Waals surface area contributed by atoms with Crippen LogP contribution in [0, 0.1) is 0 Å². The van der Waals surface area contributed by atoms with E-state index < -0.39 is 5.97 Å². The molecular weight excluding hydrogens is 229 g/mol. The third-order valence-corrected chi connectivity index (χ3v) is 4.58. The molecule has 0 aliphatic carbocycles. The molecule has 2 saturated heterocycles. The second-order valence-corrected chi connectivity index (χ2v) is 5.53. The second kappa shape index (κ2) is 4.95. The van der Waals surface area contributed by atoms with Gasteiger partial charge in [0.25, 0.3) is 0 Å². The number of fused-ring (bicyclic) bond motifs is 1. The maximum Gasteiger partial charge on any atom is 0.315 e. The van der Waals surface area contributed by atoms with E-state index in [1.54, 1.807) is 0 Å². The number of unbranched alkanes of at least 4 members (excludes halogenated alkanes) is 1. The zero-order valence-corrected chi connectivity index (χ0v) is 9.76. The molecule has 2 rings (SSSR count). The average molecular weight is 245 g/mol. The zero-order valence-electron chi connectivity index (χ0n) is 8.94. The highest BCUT2D eigenvalue weighted by Crippen LogP contribution is 2.33. The summed E-state index contributed by atoms with van der Waals surface area (Å²) in [6, 6.07) is 0.440. The molecule has 90 valence electrons. The maximum atomic E-state index is 11.1. The standard InChI is InChI=1S/C10H16N2O3S/c13-8(14)4-2-1-3-7-9-6(5-16-7)11-10(15)12-9/h6-7,9H,1-5H2,(H,13,14)(H2,11,12,15)/t6-,7-,9-/m0/s1/i8+1. The van der Waals surface area contributed by atoms with Crippen molar-refractivity contribution < 1.29 is 14.7 Å². The molecule has 0 bridgehead atoms. The molecule has 0 saturated carbocycles. The molecule has 6 heteroatoms. The lowest BCUT2D eigenvalue weighted by molar-refractivity contribution is -0.137. The minimum atomic E-state index is -0.729. The van der Waals surface area contributed by atoms with Crippen molar-refractivity contribution in [3.63, 3.8) is 0 Å². The van der Waals surface area contributed by atoms with Crippen LogP contribution in [0.1, 0.15) is 25.7 Å². The van der Waals surface area contributed by atoms with Gasteiger partial charge in [-0.25, -0.2) is 4.79 Å². The normalized spacial score (nSPS) is 32.0. The Bertz CT molecular complexity index is 298. The van der Waals surface area contributed by atoms with Gasteiger partial charge in [-0.15, -0.1) is 0 Å². The Morgan fingerprint density at radius 3 is 3.00 bits per heavy atom. The van der Waals surface area contributed by atoms with E-state index in [2.05, 4.69) is 10.6 Å². The summed E-state index contributed by atoms with van der Waals surface area (Å²) < 4.78 is 0. The fourth-order valence-electron chi connectivity index (χ4n) is 2.26. The molecule has 2 amide bonds. The number of aliphatic carboxylic acids is 1. The fourth-order valence-corrected chi connectivity index (χ4v) is 3.81. The Hall–Kier alpha value is -0.910. The first-order valence-electron chi connectivity index (χ1n) is 5.57. The zero-order chi connectivity index (χ0) is 11.5. The van der Waals surface area contributed by atoms with Crippen molar-refractivity contribution in [3.8, 4) is 0 Å². The van der Waals surface area contributed by atoms with Gasteiger partial charge < -0.3 is 15.7 Å². The van der Waals surface area contributed by atoms with Crippen LogP contribution in [0.3, 0.4) is 0 Å². The predicted molar refractivity (Wildman–Crippen MR) is 61.6 cm³/mol. The van der Waals surface area contributed by atoms with Crippen molar-refractivity contribution in [2.75, 3.05) is 5.75 Å². The first-order chi connectivity index (χ1) is 7.66. The number of carbonyl (C=O) groups is 2. The minimum absolute atomic E-state index is 0.0640. The van der Waals surface area contributed by atoms with E-state index in [9.17, 15) is 9.59 Å². The van der Waals surface area contributed by atoms with Crippen LogP contribution in [-0.2, 0) is 4.79 Å². The lowest BCUT2D eigenvalue weighted by atomic mass is 10.0. The Balaban J connectivity index is 1.70. The van der Waals surface area contributed by atoms with Gasteiger partial charge in [-0.05, 0) is 12.8 Å². The van der Waals surface area contributed by atoms with Gasteiger partial charge >= 0.3 is 12.0 Å². The quantitative estimate of drug-likeness (QED) is 0.380. The summed E-state index contributed by atoms with van der Waals surface area (Å²) >= 11 is 1.87. The summed E-state index contributed by atoms with van der Waals surface area (Å²) in [5.74, 6) is 0.236. The molecule has 0 radical (unpaired) electrons. The van der Waals surface area contributed by atoms with Crippen molar-refractivity contribution in [1.29, 1.82) is 0 Å². The largest absolute Gasteiger partial charge is 0.481 e. The number of carboxylic acids is 1. The van der Waals surface area contributed by atoms with E-state index in [1.807, 2.05) is 11.8 Å². The number of hydrogen-bond donors (Lipinski definition) is 3. The number of urea groups is 1. The van der Waals surface area contributed by atoms with Crippen molar-refractivity contribution >= 4 is 23.8 Å². The monoisotopic (exact) mass is 245 g/mol. The van der Waals surface area contributed by atoms with Crippen LogP contribution < -0.4 is 10.6 Å². The van der Waals surface area contributed by atoms with Gasteiger partial charge in [-0.2, -0.15) is 11.8 Å². The van der Waals surface area contributed by atoms with E-state index >= 15 is 0 Å². The highest BCUT2D eigenvalue weighted by atomic mass is 32.2. The number of carboxylic acid groups (broad SMARTS) is 1. The average Bonchev–Trinajstić information content (AvgIpc) is 2.72. The van der Waals surface area contributed by atoms with Crippen LogP contribution in [0.2, 0.25) is 0 Å². The molecule has 0 unspecified atom stereocenters. The first-order valence-corrected chi connectivity index (χ1v) is 6.62. The molecule has 16 heavy (non-hydrogen) atoms. The Morgan fingerprint density at radius 1 is 1.44 bits per heavy atom. The van der Waals surface area contributed by atoms with Crippen LogP contribution >= 0.6 is 11.8 Å². The Labute approximate surface area is 98.4 Å².